The molecule has 246 valence electrons. The lowest BCUT2D eigenvalue weighted by atomic mass is 9.74. The van der Waals surface area contributed by atoms with Gasteiger partial charge in [-0.1, -0.05) is 127 Å². The van der Waals surface area contributed by atoms with Gasteiger partial charge in [0.2, 0.25) is 0 Å². The first kappa shape index (κ1) is 31.7. The molecular weight excluding hydrogens is 652 g/mol. The summed E-state index contributed by atoms with van der Waals surface area (Å²) in [5, 5.41) is 22.1. The van der Waals surface area contributed by atoms with Crippen LogP contribution in [0.4, 0.5) is 0 Å². The minimum Gasteiger partial charge on any atom is -0.309 e. The predicted octanol–water partition coefficient (Wildman–Crippen LogP) is 9.74. The van der Waals surface area contributed by atoms with Crippen molar-refractivity contribution in [2.75, 3.05) is 0 Å². The molecule has 7 aromatic carbocycles. The molecule has 0 bridgehead atoms. The number of nitriles is 2. The second-order valence-corrected chi connectivity index (χ2v) is 16.9. The topological polar surface area (TPSA) is 64.7 Å². The molecule has 0 aromatic heterocycles. The number of hydrogen-bond acceptors (Lipinski definition) is 3. The van der Waals surface area contributed by atoms with Gasteiger partial charge in [-0.05, 0) is 106 Å². The standard InChI is InChI=1S/C48H33N2OP/c1-47(34-12-6-3-7-13-34)43-26-32(30-49)18-22-39(43)41-24-20-37(28-45(41)47)52(51,36-16-10-5-11-17-36)38-21-25-42-40-23-19-33(31-50)27-44(40)48(2,46(42)29-38)35-14-8-4-9-15-35/h3-29H,1-2H3. The van der Waals surface area contributed by atoms with E-state index < -0.39 is 18.0 Å². The molecule has 0 N–H and O–H groups in total. The lowest BCUT2D eigenvalue weighted by Gasteiger charge is -2.30. The molecule has 2 atom stereocenters. The smallest absolute Gasteiger partial charge is 0.171 e. The van der Waals surface area contributed by atoms with Crippen LogP contribution in [-0.2, 0) is 15.4 Å². The summed E-state index contributed by atoms with van der Waals surface area (Å²) in [5.41, 5.74) is 11.0. The molecule has 0 fully saturated rings. The number of fused-ring (bicyclic) bond motifs is 6. The third-order valence-corrected chi connectivity index (χ3v) is 14.6. The first-order valence-electron chi connectivity index (χ1n) is 17.5. The van der Waals surface area contributed by atoms with Gasteiger partial charge in [-0.15, -0.1) is 0 Å². The van der Waals surface area contributed by atoms with Crippen LogP contribution in [0, 0.1) is 22.7 Å². The van der Waals surface area contributed by atoms with Gasteiger partial charge >= 0.3 is 0 Å². The maximum Gasteiger partial charge on any atom is 0.171 e. The van der Waals surface area contributed by atoms with Crippen molar-refractivity contribution in [3.8, 4) is 34.4 Å². The Balaban J connectivity index is 1.30. The fourth-order valence-corrected chi connectivity index (χ4v) is 11.5. The minimum absolute atomic E-state index is 0.569. The van der Waals surface area contributed by atoms with Crippen molar-refractivity contribution in [2.24, 2.45) is 0 Å². The first-order chi connectivity index (χ1) is 25.3. The summed E-state index contributed by atoms with van der Waals surface area (Å²) < 4.78 is 16.4. The summed E-state index contributed by atoms with van der Waals surface area (Å²) in [5.74, 6) is 0. The van der Waals surface area contributed by atoms with Gasteiger partial charge in [0, 0.05) is 26.7 Å². The van der Waals surface area contributed by atoms with Gasteiger partial charge in [-0.2, -0.15) is 10.5 Å². The average Bonchev–Trinajstić information content (AvgIpc) is 3.63. The summed E-state index contributed by atoms with van der Waals surface area (Å²) >= 11 is 0. The molecule has 0 radical (unpaired) electrons. The Morgan fingerprint density at radius 1 is 0.423 bits per heavy atom. The predicted molar refractivity (Wildman–Crippen MR) is 210 cm³/mol. The third kappa shape index (κ3) is 4.34. The largest absolute Gasteiger partial charge is 0.309 e. The van der Waals surface area contributed by atoms with Crippen LogP contribution in [0.5, 0.6) is 0 Å². The van der Waals surface area contributed by atoms with Crippen molar-refractivity contribution < 1.29 is 4.57 Å². The van der Waals surface area contributed by atoms with E-state index in [-0.39, 0.29) is 0 Å². The highest BCUT2D eigenvalue weighted by molar-refractivity contribution is 7.85. The van der Waals surface area contributed by atoms with Crippen LogP contribution in [-0.4, -0.2) is 0 Å². The summed E-state index contributed by atoms with van der Waals surface area (Å²) in [4.78, 5) is 0. The Bertz CT molecular complexity index is 2540. The van der Waals surface area contributed by atoms with Gasteiger partial charge in [0.25, 0.3) is 0 Å². The minimum atomic E-state index is -3.46. The Kier molecular flexibility index (Phi) is 7.10. The van der Waals surface area contributed by atoms with Crippen LogP contribution >= 0.6 is 7.14 Å². The van der Waals surface area contributed by atoms with Crippen molar-refractivity contribution in [3.05, 3.63) is 208 Å². The summed E-state index contributed by atoms with van der Waals surface area (Å²) in [6.07, 6.45) is 0. The lowest BCUT2D eigenvalue weighted by Crippen LogP contribution is -2.29. The summed E-state index contributed by atoms with van der Waals surface area (Å²) in [6.45, 7) is 4.44. The molecule has 0 aliphatic heterocycles. The average molecular weight is 685 g/mol. The summed E-state index contributed by atoms with van der Waals surface area (Å²) in [6, 6.07) is 59.9. The highest BCUT2D eigenvalue weighted by atomic mass is 31.2. The van der Waals surface area contributed by atoms with E-state index in [1.165, 1.54) is 0 Å². The first-order valence-corrected chi connectivity index (χ1v) is 19.2. The molecule has 2 aliphatic carbocycles. The molecule has 0 amide bonds. The van der Waals surface area contributed by atoms with Gasteiger partial charge in [0.15, 0.2) is 7.14 Å². The Labute approximate surface area is 304 Å². The van der Waals surface area contributed by atoms with Crippen LogP contribution in [0.2, 0.25) is 0 Å². The maximum absolute atomic E-state index is 16.4. The van der Waals surface area contributed by atoms with Crippen LogP contribution in [0.1, 0.15) is 58.4 Å². The molecule has 0 spiro atoms. The van der Waals surface area contributed by atoms with E-state index in [4.69, 9.17) is 0 Å². The molecular formula is C48H33N2OP. The van der Waals surface area contributed by atoms with Crippen molar-refractivity contribution in [2.45, 2.75) is 24.7 Å². The fourth-order valence-electron chi connectivity index (χ4n) is 8.82. The SMILES string of the molecule is CC1(c2ccccc2)c2cc(C#N)ccc2-c2ccc(P(=O)(c3ccccc3)c3ccc4c(c3)C(C)(c3ccccc3)c3cc(C#N)ccc3-4)cc21. The number of rotatable bonds is 5. The molecule has 2 unspecified atom stereocenters. The Hall–Kier alpha value is -6.25. The van der Waals surface area contributed by atoms with Gasteiger partial charge in [-0.3, -0.25) is 0 Å². The molecule has 0 heterocycles. The van der Waals surface area contributed by atoms with Crippen molar-refractivity contribution >= 4 is 23.1 Å². The zero-order valence-electron chi connectivity index (χ0n) is 28.8. The fraction of sp³-hybridized carbons (Fsp3) is 0.0833. The Morgan fingerprint density at radius 3 is 1.15 bits per heavy atom. The highest BCUT2D eigenvalue weighted by Crippen LogP contribution is 2.56. The third-order valence-electron chi connectivity index (χ3n) is 11.6. The van der Waals surface area contributed by atoms with Crippen molar-refractivity contribution in [3.63, 3.8) is 0 Å². The van der Waals surface area contributed by atoms with Crippen LogP contribution in [0.25, 0.3) is 22.3 Å². The second-order valence-electron chi connectivity index (χ2n) is 14.1. The summed E-state index contributed by atoms with van der Waals surface area (Å²) in [7, 11) is -3.46. The number of nitrogens with zero attached hydrogens (tertiary/aromatic N) is 2. The Morgan fingerprint density at radius 2 is 0.769 bits per heavy atom. The van der Waals surface area contributed by atoms with E-state index in [0.717, 1.165) is 71.5 Å². The molecule has 0 saturated carbocycles. The van der Waals surface area contributed by atoms with E-state index in [9.17, 15) is 10.5 Å². The van der Waals surface area contributed by atoms with E-state index in [1.54, 1.807) is 0 Å². The molecule has 9 rings (SSSR count). The zero-order valence-corrected chi connectivity index (χ0v) is 29.7. The maximum atomic E-state index is 16.4. The van der Waals surface area contributed by atoms with E-state index in [1.807, 2.05) is 78.9 Å². The monoisotopic (exact) mass is 684 g/mol. The normalized spacial score (nSPS) is 18.9. The van der Waals surface area contributed by atoms with E-state index >= 15 is 4.57 Å². The van der Waals surface area contributed by atoms with Gasteiger partial charge in [0.05, 0.1) is 23.3 Å². The van der Waals surface area contributed by atoms with E-state index in [2.05, 4.69) is 111 Å². The molecule has 2 aliphatic rings. The van der Waals surface area contributed by atoms with Gasteiger partial charge < -0.3 is 4.57 Å². The van der Waals surface area contributed by atoms with Gasteiger partial charge in [-0.25, -0.2) is 0 Å². The van der Waals surface area contributed by atoms with Crippen LogP contribution in [0.15, 0.2) is 164 Å². The quantitative estimate of drug-likeness (QED) is 0.170. The van der Waals surface area contributed by atoms with Crippen molar-refractivity contribution in [1.29, 1.82) is 10.5 Å². The number of benzene rings is 7. The lowest BCUT2D eigenvalue weighted by molar-refractivity contribution is 0.592. The van der Waals surface area contributed by atoms with Crippen molar-refractivity contribution in [1.82, 2.24) is 0 Å². The van der Waals surface area contributed by atoms with Crippen LogP contribution < -0.4 is 15.9 Å². The molecule has 3 nitrogen and oxygen atoms in total. The highest BCUT2D eigenvalue weighted by Gasteiger charge is 2.45. The van der Waals surface area contributed by atoms with Crippen LogP contribution in [0.3, 0.4) is 0 Å². The number of hydrogen-bond donors (Lipinski definition) is 0. The molecule has 4 heteroatoms. The molecule has 52 heavy (non-hydrogen) atoms. The van der Waals surface area contributed by atoms with Gasteiger partial charge in [0.1, 0.15) is 0 Å². The zero-order chi connectivity index (χ0) is 35.7. The second kappa shape index (κ2) is 11.6. The van der Waals surface area contributed by atoms with E-state index in [0.29, 0.717) is 11.1 Å². The molecule has 0 saturated heterocycles. The molecule has 7 aromatic rings.